The number of carbonyl (C=O) groups excluding carboxylic acids is 2. The highest BCUT2D eigenvalue weighted by Crippen LogP contribution is 2.23. The van der Waals surface area contributed by atoms with Crippen LogP contribution in [0.1, 0.15) is 56.7 Å². The largest absolute Gasteiger partial charge is 0.355 e. The van der Waals surface area contributed by atoms with Crippen molar-refractivity contribution in [3.63, 3.8) is 0 Å². The predicted molar refractivity (Wildman–Crippen MR) is 137 cm³/mol. The fraction of sp³-hybridized carbons (Fsp3) is 0.462. The van der Waals surface area contributed by atoms with E-state index in [9.17, 15) is 18.0 Å². The van der Waals surface area contributed by atoms with Crippen molar-refractivity contribution < 1.29 is 18.0 Å². The number of likely N-dealkylation sites (N-methyl/N-ethyl adjacent to an activating group) is 1. The second-order valence-corrected chi connectivity index (χ2v) is 10.7. The molecule has 2 rings (SSSR count). The molecule has 34 heavy (non-hydrogen) atoms. The number of rotatable bonds is 11. The van der Waals surface area contributed by atoms with Crippen molar-refractivity contribution in [1.82, 2.24) is 10.2 Å². The molecule has 0 radical (unpaired) electrons. The first-order valence-electron chi connectivity index (χ1n) is 11.7. The zero-order valence-corrected chi connectivity index (χ0v) is 21.9. The number of hydrogen-bond donors (Lipinski definition) is 1. The van der Waals surface area contributed by atoms with Gasteiger partial charge in [-0.2, -0.15) is 0 Å². The quantitative estimate of drug-likeness (QED) is 0.522. The SMILES string of the molecule is CCNC(=O)[C@H](CC)N(Cc1ccc(C)cc1)C(=O)CN(c1ccc(C(C)C)cc1)S(C)(=O)=O. The summed E-state index contributed by atoms with van der Waals surface area (Å²) in [5, 5.41) is 2.79. The van der Waals surface area contributed by atoms with E-state index in [0.717, 1.165) is 27.3 Å². The van der Waals surface area contributed by atoms with Crippen molar-refractivity contribution in [2.24, 2.45) is 0 Å². The lowest BCUT2D eigenvalue weighted by molar-refractivity contribution is -0.140. The summed E-state index contributed by atoms with van der Waals surface area (Å²) in [5.74, 6) is -0.385. The van der Waals surface area contributed by atoms with E-state index >= 15 is 0 Å². The van der Waals surface area contributed by atoms with Gasteiger partial charge >= 0.3 is 0 Å². The molecule has 2 aromatic carbocycles. The highest BCUT2D eigenvalue weighted by Gasteiger charge is 2.31. The van der Waals surface area contributed by atoms with Gasteiger partial charge in [0.2, 0.25) is 21.8 Å². The molecule has 0 saturated heterocycles. The number of aryl methyl sites for hydroxylation is 1. The lowest BCUT2D eigenvalue weighted by atomic mass is 10.0. The minimum absolute atomic E-state index is 0.207. The maximum absolute atomic E-state index is 13.6. The molecule has 0 aliphatic heterocycles. The topological polar surface area (TPSA) is 86.8 Å². The summed E-state index contributed by atoms with van der Waals surface area (Å²) in [6.07, 6.45) is 1.49. The van der Waals surface area contributed by atoms with Gasteiger partial charge in [-0.05, 0) is 49.4 Å². The van der Waals surface area contributed by atoms with Crippen LogP contribution in [0.3, 0.4) is 0 Å². The number of amides is 2. The fourth-order valence-corrected chi connectivity index (χ4v) is 4.59. The van der Waals surface area contributed by atoms with Gasteiger partial charge in [-0.25, -0.2) is 8.42 Å². The van der Waals surface area contributed by atoms with E-state index in [4.69, 9.17) is 0 Å². The van der Waals surface area contributed by atoms with Crippen molar-refractivity contribution in [1.29, 1.82) is 0 Å². The molecule has 0 aliphatic carbocycles. The van der Waals surface area contributed by atoms with Crippen molar-refractivity contribution in [2.45, 2.75) is 59.5 Å². The van der Waals surface area contributed by atoms with Crippen molar-refractivity contribution in [3.05, 3.63) is 65.2 Å². The molecule has 0 fully saturated rings. The zero-order chi connectivity index (χ0) is 25.5. The average Bonchev–Trinajstić information content (AvgIpc) is 2.78. The molecule has 1 N–H and O–H groups in total. The Morgan fingerprint density at radius 1 is 0.971 bits per heavy atom. The molecule has 8 heteroatoms. The molecule has 7 nitrogen and oxygen atoms in total. The molecule has 0 bridgehead atoms. The Bertz CT molecular complexity index is 1060. The summed E-state index contributed by atoms with van der Waals surface area (Å²) in [5.41, 5.74) is 3.45. The van der Waals surface area contributed by atoms with E-state index in [1.54, 1.807) is 12.1 Å². The third kappa shape index (κ3) is 7.32. The maximum Gasteiger partial charge on any atom is 0.244 e. The number of nitrogens with zero attached hydrogens (tertiary/aromatic N) is 2. The normalized spacial score (nSPS) is 12.3. The van der Waals surface area contributed by atoms with E-state index in [1.807, 2.05) is 57.2 Å². The predicted octanol–water partition coefficient (Wildman–Crippen LogP) is 3.83. The second kappa shape index (κ2) is 12.0. The van der Waals surface area contributed by atoms with Crippen molar-refractivity contribution in [2.75, 3.05) is 23.7 Å². The van der Waals surface area contributed by atoms with Crippen LogP contribution in [0, 0.1) is 6.92 Å². The van der Waals surface area contributed by atoms with Gasteiger partial charge in [0.1, 0.15) is 12.6 Å². The van der Waals surface area contributed by atoms with Crippen LogP contribution in [0.4, 0.5) is 5.69 Å². The molecule has 2 aromatic rings. The Balaban J connectivity index is 2.41. The van der Waals surface area contributed by atoms with Crippen molar-refractivity contribution >= 4 is 27.5 Å². The van der Waals surface area contributed by atoms with Crippen LogP contribution in [0.2, 0.25) is 0 Å². The molecule has 0 aromatic heterocycles. The number of anilines is 1. The van der Waals surface area contributed by atoms with Gasteiger partial charge in [-0.3, -0.25) is 13.9 Å². The zero-order valence-electron chi connectivity index (χ0n) is 21.0. The van der Waals surface area contributed by atoms with Gasteiger partial charge in [0.25, 0.3) is 0 Å². The standard InChI is InChI=1S/C26H37N3O4S/c1-7-24(26(31)27-8-2)28(17-21-11-9-20(5)10-12-21)25(30)18-29(34(6,32)33)23-15-13-22(14-16-23)19(3)4/h9-16,19,24H,7-8,17-18H2,1-6H3,(H,27,31)/t24-/m0/s1. The van der Waals surface area contributed by atoms with Crippen LogP contribution in [0.5, 0.6) is 0 Å². The molecule has 0 saturated carbocycles. The second-order valence-electron chi connectivity index (χ2n) is 8.84. The van der Waals surface area contributed by atoms with Crippen LogP contribution in [-0.4, -0.2) is 50.5 Å². The Morgan fingerprint density at radius 3 is 2.03 bits per heavy atom. The molecule has 0 unspecified atom stereocenters. The van der Waals surface area contributed by atoms with Crippen LogP contribution >= 0.6 is 0 Å². The first-order chi connectivity index (χ1) is 16.0. The summed E-state index contributed by atoms with van der Waals surface area (Å²) in [4.78, 5) is 27.8. The third-order valence-corrected chi connectivity index (χ3v) is 6.88. The lowest BCUT2D eigenvalue weighted by Crippen LogP contribution is -2.52. The average molecular weight is 488 g/mol. The first kappa shape index (κ1) is 27.4. The number of sulfonamides is 1. The molecule has 0 aliphatic rings. The highest BCUT2D eigenvalue weighted by molar-refractivity contribution is 7.92. The highest BCUT2D eigenvalue weighted by atomic mass is 32.2. The Morgan fingerprint density at radius 2 is 1.56 bits per heavy atom. The number of benzene rings is 2. The molecular formula is C26H37N3O4S. The van der Waals surface area contributed by atoms with E-state index in [-0.39, 0.29) is 19.0 Å². The van der Waals surface area contributed by atoms with Gasteiger partial charge in [0.05, 0.1) is 11.9 Å². The maximum atomic E-state index is 13.6. The number of nitrogens with one attached hydrogen (secondary N) is 1. The summed E-state index contributed by atoms with van der Waals surface area (Å²) in [7, 11) is -3.74. The monoisotopic (exact) mass is 487 g/mol. The van der Waals surface area contributed by atoms with Crippen LogP contribution in [0.15, 0.2) is 48.5 Å². The van der Waals surface area contributed by atoms with Gasteiger partial charge in [-0.15, -0.1) is 0 Å². The Kier molecular flexibility index (Phi) is 9.67. The van der Waals surface area contributed by atoms with E-state index in [2.05, 4.69) is 19.2 Å². The molecular weight excluding hydrogens is 450 g/mol. The Labute approximate surface area is 204 Å². The lowest BCUT2D eigenvalue weighted by Gasteiger charge is -2.32. The Hall–Kier alpha value is -2.87. The molecule has 1 atom stereocenters. The van der Waals surface area contributed by atoms with E-state index < -0.39 is 22.0 Å². The number of carbonyl (C=O) groups is 2. The minimum Gasteiger partial charge on any atom is -0.355 e. The van der Waals surface area contributed by atoms with Gasteiger partial charge in [0, 0.05) is 13.1 Å². The van der Waals surface area contributed by atoms with E-state index in [0.29, 0.717) is 24.6 Å². The summed E-state index contributed by atoms with van der Waals surface area (Å²) in [6.45, 7) is 10.0. The molecule has 0 spiro atoms. The van der Waals surface area contributed by atoms with Crippen LogP contribution in [0.25, 0.3) is 0 Å². The van der Waals surface area contributed by atoms with E-state index in [1.165, 1.54) is 4.90 Å². The molecule has 2 amide bonds. The number of hydrogen-bond acceptors (Lipinski definition) is 4. The minimum atomic E-state index is -3.74. The summed E-state index contributed by atoms with van der Waals surface area (Å²) in [6, 6.07) is 14.2. The summed E-state index contributed by atoms with van der Waals surface area (Å²) >= 11 is 0. The van der Waals surface area contributed by atoms with Gasteiger partial charge in [0.15, 0.2) is 0 Å². The van der Waals surface area contributed by atoms with Crippen LogP contribution < -0.4 is 9.62 Å². The molecule has 186 valence electrons. The first-order valence-corrected chi connectivity index (χ1v) is 13.5. The smallest absolute Gasteiger partial charge is 0.244 e. The van der Waals surface area contributed by atoms with Gasteiger partial charge < -0.3 is 10.2 Å². The van der Waals surface area contributed by atoms with Crippen LogP contribution in [-0.2, 0) is 26.2 Å². The third-order valence-electron chi connectivity index (χ3n) is 5.74. The van der Waals surface area contributed by atoms with Crippen molar-refractivity contribution in [3.8, 4) is 0 Å². The van der Waals surface area contributed by atoms with Gasteiger partial charge in [-0.1, -0.05) is 62.7 Å². The summed E-state index contributed by atoms with van der Waals surface area (Å²) < 4.78 is 26.4. The molecule has 0 heterocycles. The fourth-order valence-electron chi connectivity index (χ4n) is 3.74.